The van der Waals surface area contributed by atoms with E-state index in [2.05, 4.69) is 20.5 Å². The van der Waals surface area contributed by atoms with Crippen molar-refractivity contribution in [3.05, 3.63) is 47.3 Å². The van der Waals surface area contributed by atoms with E-state index in [-0.39, 0.29) is 17.4 Å². The van der Waals surface area contributed by atoms with Crippen molar-refractivity contribution in [2.24, 2.45) is 0 Å². The van der Waals surface area contributed by atoms with Crippen LogP contribution in [-0.2, 0) is 11.3 Å². The maximum Gasteiger partial charge on any atom is 0.269 e. The van der Waals surface area contributed by atoms with Gasteiger partial charge in [0.05, 0.1) is 11.4 Å². The van der Waals surface area contributed by atoms with Gasteiger partial charge in [0.2, 0.25) is 5.95 Å². The maximum atomic E-state index is 14.6. The lowest BCUT2D eigenvalue weighted by molar-refractivity contribution is -0.123. The van der Waals surface area contributed by atoms with Gasteiger partial charge in [0.25, 0.3) is 11.8 Å². The molecule has 1 fully saturated rings. The van der Waals surface area contributed by atoms with E-state index in [1.54, 1.807) is 19.1 Å². The molecule has 1 atom stereocenters. The number of piperazine rings is 1. The van der Waals surface area contributed by atoms with E-state index in [0.29, 0.717) is 50.5 Å². The van der Waals surface area contributed by atoms with Crippen molar-refractivity contribution in [1.82, 2.24) is 15.2 Å². The fourth-order valence-corrected chi connectivity index (χ4v) is 3.95. The Balaban J connectivity index is 1.40. The lowest BCUT2D eigenvalue weighted by Gasteiger charge is -2.36. The molecule has 0 unspecified atom stereocenters. The van der Waals surface area contributed by atoms with Crippen molar-refractivity contribution in [1.29, 1.82) is 0 Å². The van der Waals surface area contributed by atoms with Crippen molar-refractivity contribution in [3.63, 3.8) is 0 Å². The fourth-order valence-electron chi connectivity index (χ4n) is 3.95. The van der Waals surface area contributed by atoms with E-state index >= 15 is 0 Å². The largest absolute Gasteiger partial charge is 0.475 e. The average Bonchev–Trinajstić information content (AvgIpc) is 2.78. The molecular formula is C22H25F2N5O3. The molecule has 0 spiro atoms. The van der Waals surface area contributed by atoms with Crippen LogP contribution in [0.5, 0.6) is 5.75 Å². The molecule has 1 aromatic heterocycles. The zero-order valence-electron chi connectivity index (χ0n) is 18.0. The number of hydrogen-bond acceptors (Lipinski definition) is 6. The molecule has 8 nitrogen and oxygen atoms in total. The molecule has 2 aliphatic heterocycles. The third kappa shape index (κ3) is 4.36. The third-order valence-corrected chi connectivity index (χ3v) is 5.69. The van der Waals surface area contributed by atoms with E-state index < -0.39 is 23.8 Å². The summed E-state index contributed by atoms with van der Waals surface area (Å²) in [6, 6.07) is 6.22. The zero-order valence-corrected chi connectivity index (χ0v) is 18.0. The number of nitrogens with one attached hydrogen (secondary N) is 2. The molecule has 3 heterocycles. The number of hydrogen-bond donors (Lipinski definition) is 2. The van der Waals surface area contributed by atoms with Gasteiger partial charge in [0, 0.05) is 39.8 Å². The lowest BCUT2D eigenvalue weighted by Crippen LogP contribution is -2.46. The standard InChI is InChI=1S/C22H25F2N5O3/c1-3-18-22(31)27-16-11-13(10-14(23)19(16)32-18)12-28-6-8-29(9-7-28)17-5-4-15(21(30)25-2)26-20(17)24/h4-5,10-11,18H,3,6-9,12H2,1-2H3,(H,25,30)(H,27,31)/t18-/m0/s1. The Kier molecular flexibility index (Phi) is 6.22. The Bertz CT molecular complexity index is 1040. The predicted molar refractivity (Wildman–Crippen MR) is 115 cm³/mol. The van der Waals surface area contributed by atoms with Gasteiger partial charge in [-0.15, -0.1) is 0 Å². The number of fused-ring (bicyclic) bond motifs is 1. The molecular weight excluding hydrogens is 420 g/mol. The number of anilines is 2. The molecule has 0 radical (unpaired) electrons. The number of amides is 2. The van der Waals surface area contributed by atoms with Crippen molar-refractivity contribution < 1.29 is 23.1 Å². The second kappa shape index (κ2) is 9.07. The lowest BCUT2D eigenvalue weighted by atomic mass is 10.1. The highest BCUT2D eigenvalue weighted by atomic mass is 19.1. The normalized spacial score (nSPS) is 18.6. The second-order valence-corrected chi connectivity index (χ2v) is 7.81. The summed E-state index contributed by atoms with van der Waals surface area (Å²) >= 11 is 0. The Labute approximate surface area is 184 Å². The van der Waals surface area contributed by atoms with Crippen LogP contribution in [0.15, 0.2) is 24.3 Å². The summed E-state index contributed by atoms with van der Waals surface area (Å²) in [7, 11) is 1.46. The number of benzene rings is 1. The van der Waals surface area contributed by atoms with Crippen LogP contribution < -0.4 is 20.3 Å². The first kappa shape index (κ1) is 21.9. The molecule has 2 aliphatic rings. The number of halogens is 2. The van der Waals surface area contributed by atoms with Gasteiger partial charge in [-0.25, -0.2) is 9.37 Å². The van der Waals surface area contributed by atoms with Crippen molar-refractivity contribution in [2.45, 2.75) is 26.0 Å². The molecule has 0 aliphatic carbocycles. The van der Waals surface area contributed by atoms with Crippen LogP contribution in [0.2, 0.25) is 0 Å². The minimum Gasteiger partial charge on any atom is -0.475 e. The highest BCUT2D eigenvalue weighted by Crippen LogP contribution is 2.34. The van der Waals surface area contributed by atoms with E-state index in [1.807, 2.05) is 4.90 Å². The SMILES string of the molecule is CC[C@@H]1Oc2c(F)cc(CN3CCN(c4ccc(C(=O)NC)nc4F)CC3)cc2NC1=O. The molecule has 2 N–H and O–H groups in total. The van der Waals surface area contributed by atoms with Gasteiger partial charge < -0.3 is 20.3 Å². The summed E-state index contributed by atoms with van der Waals surface area (Å²) in [5.41, 5.74) is 1.44. The van der Waals surface area contributed by atoms with E-state index in [1.165, 1.54) is 19.2 Å². The van der Waals surface area contributed by atoms with E-state index in [0.717, 1.165) is 5.56 Å². The van der Waals surface area contributed by atoms with Crippen molar-refractivity contribution in [2.75, 3.05) is 43.4 Å². The number of carbonyl (C=O) groups is 2. The third-order valence-electron chi connectivity index (χ3n) is 5.69. The number of nitrogens with zero attached hydrogens (tertiary/aromatic N) is 3. The minimum atomic E-state index is -0.684. The van der Waals surface area contributed by atoms with Gasteiger partial charge in [-0.3, -0.25) is 14.5 Å². The van der Waals surface area contributed by atoms with Crippen LogP contribution in [0, 0.1) is 11.8 Å². The second-order valence-electron chi connectivity index (χ2n) is 7.81. The Hall–Kier alpha value is -3.27. The molecule has 4 rings (SSSR count). The molecule has 2 aromatic rings. The first-order valence-corrected chi connectivity index (χ1v) is 10.6. The van der Waals surface area contributed by atoms with E-state index in [4.69, 9.17) is 4.74 Å². The monoisotopic (exact) mass is 445 g/mol. The van der Waals surface area contributed by atoms with Crippen LogP contribution >= 0.6 is 0 Å². The van der Waals surface area contributed by atoms with Crippen LogP contribution in [0.25, 0.3) is 0 Å². The van der Waals surface area contributed by atoms with Gasteiger partial charge in [-0.1, -0.05) is 6.92 Å². The minimum absolute atomic E-state index is 0.0307. The number of rotatable bonds is 5. The summed E-state index contributed by atoms with van der Waals surface area (Å²) < 4.78 is 34.5. The summed E-state index contributed by atoms with van der Waals surface area (Å²) in [6.07, 6.45) is -0.224. The number of pyridine rings is 1. The molecule has 1 aromatic carbocycles. The molecule has 0 bridgehead atoms. The molecule has 1 saturated heterocycles. The number of carbonyl (C=O) groups excluding carboxylic acids is 2. The van der Waals surface area contributed by atoms with Crippen LogP contribution in [0.1, 0.15) is 29.4 Å². The average molecular weight is 445 g/mol. The van der Waals surface area contributed by atoms with Crippen molar-refractivity contribution in [3.8, 4) is 5.75 Å². The quantitative estimate of drug-likeness (QED) is 0.686. The molecule has 170 valence electrons. The Morgan fingerprint density at radius 1 is 1.25 bits per heavy atom. The smallest absolute Gasteiger partial charge is 0.269 e. The highest BCUT2D eigenvalue weighted by molar-refractivity contribution is 5.97. The van der Waals surface area contributed by atoms with Gasteiger partial charge in [-0.05, 0) is 36.2 Å². The fraction of sp³-hybridized carbons (Fsp3) is 0.409. The van der Waals surface area contributed by atoms with Gasteiger partial charge in [0.1, 0.15) is 5.69 Å². The highest BCUT2D eigenvalue weighted by Gasteiger charge is 2.29. The van der Waals surface area contributed by atoms with Crippen LogP contribution in [0.3, 0.4) is 0 Å². The van der Waals surface area contributed by atoms with Crippen LogP contribution in [0.4, 0.5) is 20.2 Å². The zero-order chi connectivity index (χ0) is 22.8. The summed E-state index contributed by atoms with van der Waals surface area (Å²) in [6.45, 7) is 4.68. The summed E-state index contributed by atoms with van der Waals surface area (Å²) in [4.78, 5) is 31.4. The first-order valence-electron chi connectivity index (χ1n) is 10.6. The Morgan fingerprint density at radius 3 is 2.66 bits per heavy atom. The molecule has 32 heavy (non-hydrogen) atoms. The van der Waals surface area contributed by atoms with E-state index in [9.17, 15) is 18.4 Å². The van der Waals surface area contributed by atoms with Gasteiger partial charge >= 0.3 is 0 Å². The number of ether oxygens (including phenoxy) is 1. The first-order chi connectivity index (χ1) is 15.4. The maximum absolute atomic E-state index is 14.6. The topological polar surface area (TPSA) is 86.8 Å². The van der Waals surface area contributed by atoms with Crippen molar-refractivity contribution >= 4 is 23.2 Å². The summed E-state index contributed by atoms with van der Waals surface area (Å²) in [5.74, 6) is -1.82. The molecule has 2 amide bonds. The Morgan fingerprint density at radius 2 is 2.00 bits per heavy atom. The molecule has 10 heteroatoms. The number of aromatic nitrogens is 1. The van der Waals surface area contributed by atoms with Gasteiger partial charge in [-0.2, -0.15) is 4.39 Å². The van der Waals surface area contributed by atoms with Crippen LogP contribution in [-0.4, -0.2) is 61.0 Å². The summed E-state index contributed by atoms with van der Waals surface area (Å²) in [5, 5.41) is 5.14. The molecule has 0 saturated carbocycles. The predicted octanol–water partition coefficient (Wildman–Crippen LogP) is 2.15. The van der Waals surface area contributed by atoms with Gasteiger partial charge in [0.15, 0.2) is 17.7 Å².